The van der Waals surface area contributed by atoms with Crippen molar-refractivity contribution in [2.45, 2.75) is 16.8 Å². The molecular weight excluding hydrogens is 370 g/mol. The van der Waals surface area contributed by atoms with Crippen molar-refractivity contribution < 1.29 is 14.6 Å². The van der Waals surface area contributed by atoms with Crippen molar-refractivity contribution in [2.75, 3.05) is 0 Å². The maximum atomic E-state index is 11.8. The van der Waals surface area contributed by atoms with Crippen LogP contribution in [0.3, 0.4) is 0 Å². The molecule has 0 radical (unpaired) electrons. The predicted molar refractivity (Wildman–Crippen MR) is 113 cm³/mol. The number of primary amides is 1. The lowest BCUT2D eigenvalue weighted by Gasteiger charge is -2.30. The molecule has 0 aliphatic heterocycles. The van der Waals surface area contributed by atoms with Gasteiger partial charge in [0.15, 0.2) is 4.93 Å². The molecule has 0 saturated carbocycles. The Balaban J connectivity index is 1.93. The molecule has 4 nitrogen and oxygen atoms in total. The van der Waals surface area contributed by atoms with Crippen LogP contribution in [0.25, 0.3) is 21.5 Å². The highest BCUT2D eigenvalue weighted by Crippen LogP contribution is 2.49. The van der Waals surface area contributed by atoms with Gasteiger partial charge in [-0.25, -0.2) is 4.79 Å². The molecule has 4 aromatic rings. The van der Waals surface area contributed by atoms with Crippen LogP contribution in [-0.4, -0.2) is 11.2 Å². The van der Waals surface area contributed by atoms with Gasteiger partial charge in [-0.2, -0.15) is 0 Å². The SMILES string of the molecule is CC(OC(N)=O)(Sc1cccc2ccccc12)c1c(O)ccc2ccccc12. The average Bonchev–Trinajstić information content (AvgIpc) is 2.67. The zero-order valence-corrected chi connectivity index (χ0v) is 16.1. The molecule has 0 fully saturated rings. The zero-order valence-electron chi connectivity index (χ0n) is 15.3. The first-order chi connectivity index (χ1) is 13.5. The summed E-state index contributed by atoms with van der Waals surface area (Å²) in [7, 11) is 0. The number of hydrogen-bond donors (Lipinski definition) is 2. The predicted octanol–water partition coefficient (Wildman–Crippen LogP) is 5.76. The molecule has 0 bridgehead atoms. The molecule has 0 saturated heterocycles. The van der Waals surface area contributed by atoms with E-state index in [0.29, 0.717) is 5.56 Å². The molecule has 0 aliphatic rings. The van der Waals surface area contributed by atoms with Crippen LogP contribution in [-0.2, 0) is 9.67 Å². The molecule has 0 aromatic heterocycles. The van der Waals surface area contributed by atoms with Crippen LogP contribution in [0.2, 0.25) is 0 Å². The Morgan fingerprint density at radius 3 is 2.21 bits per heavy atom. The van der Waals surface area contributed by atoms with Gasteiger partial charge in [-0.05, 0) is 40.6 Å². The monoisotopic (exact) mass is 389 g/mol. The summed E-state index contributed by atoms with van der Waals surface area (Å²) in [6, 6.07) is 25.1. The second-order valence-electron chi connectivity index (χ2n) is 6.63. The summed E-state index contributed by atoms with van der Waals surface area (Å²) >= 11 is 1.35. The highest BCUT2D eigenvalue weighted by atomic mass is 32.2. The van der Waals surface area contributed by atoms with Crippen LogP contribution in [0.5, 0.6) is 5.75 Å². The number of aromatic hydroxyl groups is 1. The third-order valence-corrected chi connectivity index (χ3v) is 5.96. The van der Waals surface area contributed by atoms with Crippen LogP contribution in [0.1, 0.15) is 12.5 Å². The lowest BCUT2D eigenvalue weighted by Crippen LogP contribution is -2.29. The molecule has 4 aromatic carbocycles. The van der Waals surface area contributed by atoms with Crippen molar-refractivity contribution in [2.24, 2.45) is 5.73 Å². The van der Waals surface area contributed by atoms with Crippen LogP contribution in [0.15, 0.2) is 83.8 Å². The molecule has 1 amide bonds. The van der Waals surface area contributed by atoms with Crippen molar-refractivity contribution in [3.05, 3.63) is 84.4 Å². The van der Waals surface area contributed by atoms with Crippen LogP contribution in [0, 0.1) is 0 Å². The molecule has 3 N–H and O–H groups in total. The van der Waals surface area contributed by atoms with E-state index in [2.05, 4.69) is 0 Å². The topological polar surface area (TPSA) is 72.5 Å². The van der Waals surface area contributed by atoms with E-state index < -0.39 is 11.0 Å². The van der Waals surface area contributed by atoms with Crippen molar-refractivity contribution in [1.82, 2.24) is 0 Å². The summed E-state index contributed by atoms with van der Waals surface area (Å²) in [4.78, 5) is 11.5. The third-order valence-electron chi connectivity index (χ3n) is 4.71. The minimum atomic E-state index is -1.22. The van der Waals surface area contributed by atoms with Crippen molar-refractivity contribution in [3.63, 3.8) is 0 Å². The molecule has 28 heavy (non-hydrogen) atoms. The second-order valence-corrected chi connectivity index (χ2v) is 8.05. The second kappa shape index (κ2) is 7.09. The van der Waals surface area contributed by atoms with E-state index >= 15 is 0 Å². The molecule has 0 spiro atoms. The number of phenolic OH excluding ortho intramolecular Hbond substituents is 1. The summed E-state index contributed by atoms with van der Waals surface area (Å²) in [5, 5.41) is 14.6. The summed E-state index contributed by atoms with van der Waals surface area (Å²) in [6.07, 6.45) is -0.900. The van der Waals surface area contributed by atoms with E-state index in [-0.39, 0.29) is 5.75 Å². The molecule has 1 atom stereocenters. The van der Waals surface area contributed by atoms with Gasteiger partial charge in [-0.15, -0.1) is 0 Å². The maximum absolute atomic E-state index is 11.8. The van der Waals surface area contributed by atoms with Gasteiger partial charge in [0, 0.05) is 4.90 Å². The van der Waals surface area contributed by atoms with Gasteiger partial charge in [-0.1, -0.05) is 78.5 Å². The Hall–Kier alpha value is -3.18. The third kappa shape index (κ3) is 3.25. The lowest BCUT2D eigenvalue weighted by molar-refractivity contribution is 0.0942. The highest BCUT2D eigenvalue weighted by molar-refractivity contribution is 8.00. The first kappa shape index (κ1) is 18.2. The number of amides is 1. The van der Waals surface area contributed by atoms with E-state index in [1.165, 1.54) is 11.8 Å². The lowest BCUT2D eigenvalue weighted by atomic mass is 9.99. The smallest absolute Gasteiger partial charge is 0.406 e. The van der Waals surface area contributed by atoms with Crippen LogP contribution in [0.4, 0.5) is 4.79 Å². The van der Waals surface area contributed by atoms with E-state index in [4.69, 9.17) is 10.5 Å². The van der Waals surface area contributed by atoms with Crippen molar-refractivity contribution in [1.29, 1.82) is 0 Å². The number of rotatable bonds is 4. The first-order valence-corrected chi connectivity index (χ1v) is 9.66. The number of nitrogens with two attached hydrogens (primary N) is 1. The number of thioether (sulfide) groups is 1. The van der Waals surface area contributed by atoms with Crippen molar-refractivity contribution in [3.8, 4) is 5.75 Å². The van der Waals surface area contributed by atoms with Gasteiger partial charge >= 0.3 is 6.09 Å². The number of hydrogen-bond acceptors (Lipinski definition) is 4. The summed E-state index contributed by atoms with van der Waals surface area (Å²) < 4.78 is 5.61. The summed E-state index contributed by atoms with van der Waals surface area (Å²) in [5.74, 6) is 0.0511. The minimum absolute atomic E-state index is 0.0511. The van der Waals surface area contributed by atoms with E-state index in [0.717, 1.165) is 26.4 Å². The molecule has 140 valence electrons. The Kier molecular flexibility index (Phi) is 4.61. The first-order valence-electron chi connectivity index (χ1n) is 8.84. The summed E-state index contributed by atoms with van der Waals surface area (Å²) in [5.41, 5.74) is 5.94. The Morgan fingerprint density at radius 2 is 1.50 bits per heavy atom. The Bertz CT molecular complexity index is 1190. The van der Waals surface area contributed by atoms with Crippen molar-refractivity contribution >= 4 is 39.4 Å². The molecular formula is C23H19NO3S. The van der Waals surface area contributed by atoms with Gasteiger partial charge in [0.05, 0.1) is 5.56 Å². The fraction of sp³-hybridized carbons (Fsp3) is 0.0870. The number of benzene rings is 4. The van der Waals surface area contributed by atoms with E-state index in [1.807, 2.05) is 72.8 Å². The minimum Gasteiger partial charge on any atom is -0.507 e. The highest BCUT2D eigenvalue weighted by Gasteiger charge is 2.36. The standard InChI is InChI=1S/C23H19NO3S/c1-23(27-22(24)26,21-18-11-5-3-8-16(18)13-14-19(21)25)28-20-12-6-9-15-7-2-4-10-17(15)20/h2-14,25H,1H3,(H2,24,26). The fourth-order valence-corrected chi connectivity index (χ4v) is 4.85. The van der Waals surface area contributed by atoms with Gasteiger partial charge in [0.2, 0.25) is 0 Å². The van der Waals surface area contributed by atoms with Gasteiger partial charge in [0.25, 0.3) is 0 Å². The molecule has 1 unspecified atom stereocenters. The quantitative estimate of drug-likeness (QED) is 0.344. The number of ether oxygens (including phenoxy) is 1. The maximum Gasteiger partial charge on any atom is 0.406 e. The van der Waals surface area contributed by atoms with Gasteiger partial charge in [0.1, 0.15) is 5.75 Å². The molecule has 5 heteroatoms. The summed E-state index contributed by atoms with van der Waals surface area (Å²) in [6.45, 7) is 1.76. The van der Waals surface area contributed by atoms with Crippen LogP contribution >= 0.6 is 11.8 Å². The van der Waals surface area contributed by atoms with Gasteiger partial charge in [-0.3, -0.25) is 0 Å². The zero-order chi connectivity index (χ0) is 19.7. The number of phenols is 1. The fourth-order valence-electron chi connectivity index (χ4n) is 3.55. The molecule has 0 heterocycles. The molecule has 4 rings (SSSR count). The molecule has 0 aliphatic carbocycles. The normalized spacial score (nSPS) is 13.3. The number of carbonyl (C=O) groups is 1. The van der Waals surface area contributed by atoms with E-state index in [9.17, 15) is 9.90 Å². The van der Waals surface area contributed by atoms with E-state index in [1.54, 1.807) is 13.0 Å². The number of fused-ring (bicyclic) bond motifs is 2. The number of carbonyl (C=O) groups excluding carboxylic acids is 1. The Labute approximate surface area is 166 Å². The van der Waals surface area contributed by atoms with Crippen LogP contribution < -0.4 is 5.73 Å². The Morgan fingerprint density at radius 1 is 0.893 bits per heavy atom. The van der Waals surface area contributed by atoms with Gasteiger partial charge < -0.3 is 15.6 Å². The average molecular weight is 389 g/mol. The largest absolute Gasteiger partial charge is 0.507 e.